The molecule has 0 aliphatic rings. The van der Waals surface area contributed by atoms with Crippen molar-refractivity contribution in [1.82, 2.24) is 19.7 Å². The lowest BCUT2D eigenvalue weighted by molar-refractivity contribution is 0.620. The summed E-state index contributed by atoms with van der Waals surface area (Å²) in [5.41, 5.74) is 4.10. The molecule has 3 rings (SSSR count). The van der Waals surface area contributed by atoms with E-state index in [-0.39, 0.29) is 6.04 Å². The van der Waals surface area contributed by atoms with E-state index in [2.05, 4.69) is 42.4 Å². The highest BCUT2D eigenvalue weighted by atomic mass is 15.3. The van der Waals surface area contributed by atoms with Crippen LogP contribution >= 0.6 is 0 Å². The van der Waals surface area contributed by atoms with Crippen LogP contribution in [0.2, 0.25) is 0 Å². The summed E-state index contributed by atoms with van der Waals surface area (Å²) in [6, 6.07) is 12.1. The third kappa shape index (κ3) is 8.36. The zero-order chi connectivity index (χ0) is 25.3. The van der Waals surface area contributed by atoms with E-state index in [1.165, 1.54) is 0 Å². The first-order valence-electron chi connectivity index (χ1n) is 12.7. The number of nitrogens with two attached hydrogens (primary N) is 1. The molecule has 0 saturated heterocycles. The SMILES string of the molecule is CC.CC.CCCCc1nc(CCC)n(Cc2ccc(-c3ccccc3C(C)N=NN)nc2)n1. The van der Waals surface area contributed by atoms with Gasteiger partial charge in [0.15, 0.2) is 5.82 Å². The molecule has 0 aliphatic heterocycles. The van der Waals surface area contributed by atoms with Crippen LogP contribution in [0, 0.1) is 0 Å². The topological polar surface area (TPSA) is 94.3 Å². The smallest absolute Gasteiger partial charge is 0.150 e. The standard InChI is InChI=1S/C23H31N7.2C2H6/c1-4-6-12-22-26-23(9-5-2)30(28-22)16-18-13-14-21(25-15-18)20-11-8-7-10-19(20)17(3)27-29-24;2*1-2/h7-8,10-11,13-15,17H,4-6,9,12,16H2,1-3H3,(H2,24,27);2*1-2H3. The Morgan fingerprint density at radius 2 is 1.71 bits per heavy atom. The van der Waals surface area contributed by atoms with Crippen molar-refractivity contribution < 1.29 is 0 Å². The van der Waals surface area contributed by atoms with Gasteiger partial charge in [0.2, 0.25) is 0 Å². The van der Waals surface area contributed by atoms with Crippen LogP contribution in [0.15, 0.2) is 52.9 Å². The number of pyridine rings is 1. The molecule has 0 saturated carbocycles. The second-order valence-electron chi connectivity index (χ2n) is 7.50. The van der Waals surface area contributed by atoms with Crippen molar-refractivity contribution in [2.24, 2.45) is 16.2 Å². The molecular formula is C27H43N7. The van der Waals surface area contributed by atoms with Gasteiger partial charge in [0.1, 0.15) is 5.82 Å². The van der Waals surface area contributed by atoms with Crippen molar-refractivity contribution in [2.45, 2.75) is 93.2 Å². The lowest BCUT2D eigenvalue weighted by Gasteiger charge is -2.12. The van der Waals surface area contributed by atoms with Gasteiger partial charge in [-0.05, 0) is 37.0 Å². The van der Waals surface area contributed by atoms with Gasteiger partial charge in [-0.3, -0.25) is 4.98 Å². The molecule has 0 aliphatic carbocycles. The van der Waals surface area contributed by atoms with E-state index in [1.54, 1.807) is 0 Å². The molecule has 2 aromatic heterocycles. The summed E-state index contributed by atoms with van der Waals surface area (Å²) in [6.45, 7) is 15.0. The molecule has 34 heavy (non-hydrogen) atoms. The van der Waals surface area contributed by atoms with Gasteiger partial charge >= 0.3 is 0 Å². The maximum Gasteiger partial charge on any atom is 0.150 e. The Hall–Kier alpha value is -3.09. The highest BCUT2D eigenvalue weighted by Gasteiger charge is 2.13. The number of aryl methyl sites for hydroxylation is 2. The third-order valence-electron chi connectivity index (χ3n) is 5.10. The lowest BCUT2D eigenvalue weighted by atomic mass is 9.99. The van der Waals surface area contributed by atoms with E-state index in [4.69, 9.17) is 20.9 Å². The first-order chi connectivity index (χ1) is 16.7. The molecule has 3 aromatic rings. The summed E-state index contributed by atoms with van der Waals surface area (Å²) < 4.78 is 2.03. The first kappa shape index (κ1) is 28.9. The van der Waals surface area contributed by atoms with Crippen molar-refractivity contribution >= 4 is 0 Å². The molecule has 1 aromatic carbocycles. The minimum Gasteiger partial charge on any atom is -0.305 e. The zero-order valence-electron chi connectivity index (χ0n) is 22.1. The summed E-state index contributed by atoms with van der Waals surface area (Å²) in [5.74, 6) is 7.24. The molecule has 1 unspecified atom stereocenters. The molecule has 0 fully saturated rings. The predicted molar refractivity (Wildman–Crippen MR) is 142 cm³/mol. The molecule has 2 N–H and O–H groups in total. The van der Waals surface area contributed by atoms with E-state index >= 15 is 0 Å². The zero-order valence-corrected chi connectivity index (χ0v) is 22.1. The quantitative estimate of drug-likeness (QED) is 0.196. The van der Waals surface area contributed by atoms with Gasteiger partial charge in [0.05, 0.1) is 18.3 Å². The molecule has 7 nitrogen and oxygen atoms in total. The van der Waals surface area contributed by atoms with Crippen LogP contribution < -0.4 is 5.84 Å². The fourth-order valence-corrected chi connectivity index (χ4v) is 3.51. The number of benzene rings is 1. The van der Waals surface area contributed by atoms with Crippen molar-refractivity contribution in [3.63, 3.8) is 0 Å². The number of rotatable bonds is 10. The number of nitrogens with zero attached hydrogens (tertiary/aromatic N) is 6. The third-order valence-corrected chi connectivity index (χ3v) is 5.10. The van der Waals surface area contributed by atoms with Crippen LogP contribution in [0.3, 0.4) is 0 Å². The van der Waals surface area contributed by atoms with Crippen LogP contribution in [0.1, 0.15) is 96.5 Å². The average molecular weight is 466 g/mol. The average Bonchev–Trinajstić information content (AvgIpc) is 3.27. The van der Waals surface area contributed by atoms with Crippen LogP contribution in [0.25, 0.3) is 11.3 Å². The van der Waals surface area contributed by atoms with Crippen LogP contribution in [-0.2, 0) is 19.4 Å². The Labute approximate surface area is 205 Å². The van der Waals surface area contributed by atoms with E-state index in [0.717, 1.165) is 66.1 Å². The van der Waals surface area contributed by atoms with Gasteiger partial charge in [0, 0.05) is 24.6 Å². The molecule has 0 bridgehead atoms. The second kappa shape index (κ2) is 16.5. The largest absolute Gasteiger partial charge is 0.305 e. The Morgan fingerprint density at radius 3 is 2.32 bits per heavy atom. The maximum atomic E-state index is 5.24. The summed E-state index contributed by atoms with van der Waals surface area (Å²) in [4.78, 5) is 9.46. The van der Waals surface area contributed by atoms with Gasteiger partial charge in [-0.1, -0.05) is 83.5 Å². The molecule has 0 spiro atoms. The van der Waals surface area contributed by atoms with Crippen molar-refractivity contribution in [3.8, 4) is 11.3 Å². The maximum absolute atomic E-state index is 5.24. The van der Waals surface area contributed by atoms with E-state index in [0.29, 0.717) is 6.54 Å². The van der Waals surface area contributed by atoms with E-state index in [1.807, 2.05) is 63.7 Å². The summed E-state index contributed by atoms with van der Waals surface area (Å²) >= 11 is 0. The van der Waals surface area contributed by atoms with Crippen molar-refractivity contribution in [3.05, 3.63) is 65.4 Å². The molecule has 2 heterocycles. The molecule has 186 valence electrons. The van der Waals surface area contributed by atoms with Gasteiger partial charge in [-0.25, -0.2) is 9.67 Å². The minimum absolute atomic E-state index is 0.124. The van der Waals surface area contributed by atoms with Crippen LogP contribution in [-0.4, -0.2) is 19.7 Å². The summed E-state index contributed by atoms with van der Waals surface area (Å²) in [5, 5.41) is 12.2. The molecule has 1 atom stereocenters. The van der Waals surface area contributed by atoms with Crippen LogP contribution in [0.4, 0.5) is 0 Å². The second-order valence-corrected chi connectivity index (χ2v) is 7.50. The predicted octanol–water partition coefficient (Wildman–Crippen LogP) is 7.12. The van der Waals surface area contributed by atoms with E-state index in [9.17, 15) is 0 Å². The Kier molecular flexibility index (Phi) is 14.1. The van der Waals surface area contributed by atoms with Gasteiger partial charge in [-0.15, -0.1) is 0 Å². The normalized spacial score (nSPS) is 11.4. The summed E-state index contributed by atoms with van der Waals surface area (Å²) in [7, 11) is 0. The number of hydrogen-bond donors (Lipinski definition) is 1. The van der Waals surface area contributed by atoms with Crippen molar-refractivity contribution in [1.29, 1.82) is 0 Å². The molecule has 0 amide bonds. The van der Waals surface area contributed by atoms with Crippen LogP contribution in [0.5, 0.6) is 0 Å². The Balaban J connectivity index is 0.00000137. The summed E-state index contributed by atoms with van der Waals surface area (Å²) in [6.07, 6.45) is 7.11. The van der Waals surface area contributed by atoms with Gasteiger partial charge in [-0.2, -0.15) is 10.2 Å². The number of unbranched alkanes of at least 4 members (excludes halogenated alkanes) is 1. The highest BCUT2D eigenvalue weighted by molar-refractivity contribution is 5.64. The van der Waals surface area contributed by atoms with Gasteiger partial charge in [0.25, 0.3) is 0 Å². The van der Waals surface area contributed by atoms with Gasteiger partial charge < -0.3 is 5.84 Å². The molecule has 0 radical (unpaired) electrons. The fourth-order valence-electron chi connectivity index (χ4n) is 3.51. The number of hydrogen-bond acceptors (Lipinski definition) is 5. The van der Waals surface area contributed by atoms with Crippen molar-refractivity contribution in [2.75, 3.05) is 0 Å². The van der Waals surface area contributed by atoms with E-state index < -0.39 is 0 Å². The first-order valence-corrected chi connectivity index (χ1v) is 12.7. The fraction of sp³-hybridized carbons (Fsp3) is 0.519. The molecule has 7 heteroatoms. The Bertz CT molecular complexity index is 961. The lowest BCUT2D eigenvalue weighted by Crippen LogP contribution is -2.07. The number of aromatic nitrogens is 4. The monoisotopic (exact) mass is 465 g/mol. The Morgan fingerprint density at radius 1 is 0.971 bits per heavy atom. The minimum atomic E-state index is -0.124. The highest BCUT2D eigenvalue weighted by Crippen LogP contribution is 2.29. The molecular weight excluding hydrogens is 422 g/mol.